The van der Waals surface area contributed by atoms with E-state index >= 15 is 0 Å². The Morgan fingerprint density at radius 1 is 1.14 bits per heavy atom. The van der Waals surface area contributed by atoms with Gasteiger partial charge >= 0.3 is 0 Å². The van der Waals surface area contributed by atoms with Crippen LogP contribution in [0.5, 0.6) is 11.5 Å². The molecule has 0 bridgehead atoms. The lowest BCUT2D eigenvalue weighted by Gasteiger charge is -2.05. The second kappa shape index (κ2) is 5.29. The molecule has 0 spiro atoms. The van der Waals surface area contributed by atoms with E-state index in [2.05, 4.69) is 0 Å². The normalized spacial score (nSPS) is 10.5. The fourth-order valence-electron chi connectivity index (χ4n) is 1.13. The molecule has 3 nitrogen and oxygen atoms in total. The van der Waals surface area contributed by atoms with Gasteiger partial charge in [-0.15, -0.1) is 0 Å². The predicted molar refractivity (Wildman–Crippen MR) is 57.6 cm³/mol. The summed E-state index contributed by atoms with van der Waals surface area (Å²) in [6, 6.07) is 5.68. The molecule has 0 atom stereocenters. The molecule has 0 heterocycles. The minimum Gasteiger partial charge on any atom is -0.497 e. The Kier molecular flexibility index (Phi) is 4.01. The van der Waals surface area contributed by atoms with E-state index in [4.69, 9.17) is 15.2 Å². The lowest BCUT2D eigenvalue weighted by molar-refractivity contribution is 0.394. The molecule has 2 N–H and O–H groups in total. The van der Waals surface area contributed by atoms with Crippen molar-refractivity contribution in [1.82, 2.24) is 0 Å². The topological polar surface area (TPSA) is 44.5 Å². The average Bonchev–Trinajstić information content (AvgIpc) is 2.25. The maximum atomic E-state index is 5.37. The third-order valence-electron chi connectivity index (χ3n) is 1.82. The number of ether oxygens (including phenoxy) is 2. The Morgan fingerprint density at radius 3 is 2.14 bits per heavy atom. The molecule has 1 rings (SSSR count). The second-order valence-corrected chi connectivity index (χ2v) is 2.78. The number of hydrogen-bond acceptors (Lipinski definition) is 3. The van der Waals surface area contributed by atoms with E-state index in [1.807, 2.05) is 30.4 Å². The zero-order valence-corrected chi connectivity index (χ0v) is 8.49. The summed E-state index contributed by atoms with van der Waals surface area (Å²) in [6.07, 6.45) is 3.82. The van der Waals surface area contributed by atoms with Gasteiger partial charge in [0.1, 0.15) is 11.5 Å². The molecule has 0 saturated carbocycles. The predicted octanol–water partition coefficient (Wildman–Crippen LogP) is 1.68. The van der Waals surface area contributed by atoms with Crippen LogP contribution in [0.4, 0.5) is 0 Å². The number of benzene rings is 1. The molecule has 0 unspecified atom stereocenters. The van der Waals surface area contributed by atoms with Gasteiger partial charge in [-0.2, -0.15) is 0 Å². The average molecular weight is 193 g/mol. The zero-order valence-electron chi connectivity index (χ0n) is 8.49. The lowest BCUT2D eigenvalue weighted by atomic mass is 10.2. The summed E-state index contributed by atoms with van der Waals surface area (Å²) in [4.78, 5) is 0. The number of methoxy groups -OCH3 is 2. The van der Waals surface area contributed by atoms with Crippen LogP contribution in [-0.4, -0.2) is 20.8 Å². The van der Waals surface area contributed by atoms with E-state index in [1.165, 1.54) is 0 Å². The van der Waals surface area contributed by atoms with Crippen molar-refractivity contribution in [3.63, 3.8) is 0 Å². The summed E-state index contributed by atoms with van der Waals surface area (Å²) in [5.41, 5.74) is 6.39. The van der Waals surface area contributed by atoms with Crippen molar-refractivity contribution in [2.24, 2.45) is 5.73 Å². The Labute approximate surface area is 84.1 Å². The van der Waals surface area contributed by atoms with Gasteiger partial charge in [0.05, 0.1) is 14.2 Å². The van der Waals surface area contributed by atoms with Crippen molar-refractivity contribution < 1.29 is 9.47 Å². The van der Waals surface area contributed by atoms with Crippen LogP contribution in [0.3, 0.4) is 0 Å². The van der Waals surface area contributed by atoms with Crippen LogP contribution in [0.15, 0.2) is 24.3 Å². The van der Waals surface area contributed by atoms with Crippen LogP contribution >= 0.6 is 0 Å². The highest BCUT2D eigenvalue weighted by molar-refractivity contribution is 5.55. The Hall–Kier alpha value is -1.48. The van der Waals surface area contributed by atoms with Crippen LogP contribution in [0.1, 0.15) is 5.56 Å². The van der Waals surface area contributed by atoms with Gasteiger partial charge < -0.3 is 15.2 Å². The smallest absolute Gasteiger partial charge is 0.123 e. The first-order chi connectivity index (χ1) is 6.80. The van der Waals surface area contributed by atoms with Crippen LogP contribution in [0.2, 0.25) is 0 Å². The fourth-order valence-corrected chi connectivity index (χ4v) is 1.13. The van der Waals surface area contributed by atoms with Crippen LogP contribution in [-0.2, 0) is 0 Å². The number of nitrogens with two attached hydrogens (primary N) is 1. The Morgan fingerprint density at radius 2 is 1.71 bits per heavy atom. The second-order valence-electron chi connectivity index (χ2n) is 2.78. The molecule has 0 saturated heterocycles. The molecule has 0 aliphatic carbocycles. The minimum absolute atomic E-state index is 0.527. The number of rotatable bonds is 4. The summed E-state index contributed by atoms with van der Waals surface area (Å²) in [5, 5.41) is 0. The maximum absolute atomic E-state index is 5.37. The largest absolute Gasteiger partial charge is 0.497 e. The SMILES string of the molecule is COc1cc(/C=C/CN)cc(OC)c1. The molecule has 0 aliphatic rings. The Balaban J connectivity index is 2.98. The molecule has 14 heavy (non-hydrogen) atoms. The van der Waals surface area contributed by atoms with Gasteiger partial charge in [0.2, 0.25) is 0 Å². The van der Waals surface area contributed by atoms with Crippen molar-refractivity contribution >= 4 is 6.08 Å². The third kappa shape index (κ3) is 2.78. The molecular formula is C11H15NO2. The van der Waals surface area contributed by atoms with Gasteiger partial charge in [0.15, 0.2) is 0 Å². The van der Waals surface area contributed by atoms with E-state index in [9.17, 15) is 0 Å². The van der Waals surface area contributed by atoms with Gasteiger partial charge in [-0.05, 0) is 17.7 Å². The lowest BCUT2D eigenvalue weighted by Crippen LogP contribution is -1.92. The van der Waals surface area contributed by atoms with Crippen molar-refractivity contribution in [2.75, 3.05) is 20.8 Å². The molecule has 0 fully saturated rings. The highest BCUT2D eigenvalue weighted by atomic mass is 16.5. The molecule has 0 aliphatic heterocycles. The summed E-state index contributed by atoms with van der Waals surface area (Å²) in [5.74, 6) is 1.56. The standard InChI is InChI=1S/C11H15NO2/c1-13-10-6-9(4-3-5-12)7-11(8-10)14-2/h3-4,6-8H,5,12H2,1-2H3/b4-3+. The van der Waals surface area contributed by atoms with Crippen LogP contribution in [0.25, 0.3) is 6.08 Å². The molecule has 3 heteroatoms. The Bertz CT molecular complexity index is 299. The fraction of sp³-hybridized carbons (Fsp3) is 0.273. The first kappa shape index (κ1) is 10.6. The van der Waals surface area contributed by atoms with Crippen LogP contribution < -0.4 is 15.2 Å². The molecule has 76 valence electrons. The third-order valence-corrected chi connectivity index (χ3v) is 1.82. The molecule has 1 aromatic carbocycles. The van der Waals surface area contributed by atoms with E-state index in [0.717, 1.165) is 17.1 Å². The van der Waals surface area contributed by atoms with Crippen molar-refractivity contribution in [1.29, 1.82) is 0 Å². The minimum atomic E-state index is 0.527. The van der Waals surface area contributed by atoms with Gasteiger partial charge in [-0.3, -0.25) is 0 Å². The zero-order chi connectivity index (χ0) is 10.4. The van der Waals surface area contributed by atoms with Gasteiger partial charge in [-0.1, -0.05) is 12.2 Å². The van der Waals surface area contributed by atoms with E-state index in [-0.39, 0.29) is 0 Å². The van der Waals surface area contributed by atoms with Gasteiger partial charge in [0.25, 0.3) is 0 Å². The summed E-state index contributed by atoms with van der Waals surface area (Å²) in [7, 11) is 3.26. The van der Waals surface area contributed by atoms with Crippen molar-refractivity contribution in [3.8, 4) is 11.5 Å². The molecular weight excluding hydrogens is 178 g/mol. The maximum Gasteiger partial charge on any atom is 0.123 e. The first-order valence-corrected chi connectivity index (χ1v) is 4.40. The van der Waals surface area contributed by atoms with E-state index < -0.39 is 0 Å². The summed E-state index contributed by atoms with van der Waals surface area (Å²) >= 11 is 0. The van der Waals surface area contributed by atoms with E-state index in [1.54, 1.807) is 14.2 Å². The molecule has 1 aromatic rings. The molecule has 0 aromatic heterocycles. The quantitative estimate of drug-likeness (QED) is 0.791. The van der Waals surface area contributed by atoms with Crippen molar-refractivity contribution in [3.05, 3.63) is 29.8 Å². The monoisotopic (exact) mass is 193 g/mol. The molecule has 0 radical (unpaired) electrons. The van der Waals surface area contributed by atoms with Crippen molar-refractivity contribution in [2.45, 2.75) is 0 Å². The van der Waals surface area contributed by atoms with Gasteiger partial charge in [0, 0.05) is 12.6 Å². The number of hydrogen-bond donors (Lipinski definition) is 1. The first-order valence-electron chi connectivity index (χ1n) is 4.40. The highest BCUT2D eigenvalue weighted by Crippen LogP contribution is 2.22. The highest BCUT2D eigenvalue weighted by Gasteiger charge is 1.98. The molecule has 0 amide bonds. The van der Waals surface area contributed by atoms with E-state index in [0.29, 0.717) is 6.54 Å². The van der Waals surface area contributed by atoms with Crippen LogP contribution in [0, 0.1) is 0 Å². The summed E-state index contributed by atoms with van der Waals surface area (Å²) in [6.45, 7) is 0.527. The summed E-state index contributed by atoms with van der Waals surface area (Å²) < 4.78 is 10.3. The van der Waals surface area contributed by atoms with Gasteiger partial charge in [-0.25, -0.2) is 0 Å².